The zero-order valence-electron chi connectivity index (χ0n) is 16.6. The molecular formula is C21H22ClN3O3S2. The monoisotopic (exact) mass is 463 g/mol. The van der Waals surface area contributed by atoms with Crippen LogP contribution in [0.25, 0.3) is 0 Å². The van der Waals surface area contributed by atoms with Crippen molar-refractivity contribution in [2.75, 3.05) is 17.7 Å². The number of aryl methyl sites for hydroxylation is 1. The molecule has 0 aliphatic rings. The SMILES string of the molecule is Cc1sc(N(CCc2cccc(Cl)c2)Cc2ccccc2)nc1C(=O)NS(C)(=O)=O. The third-order valence-corrected chi connectivity index (χ3v) is 6.15. The average Bonchev–Trinajstić information content (AvgIpc) is 3.06. The third-order valence-electron chi connectivity index (χ3n) is 4.32. The standard InChI is InChI=1S/C21H22ClN3O3S2/c1-15-19(20(26)24-30(2,27)28)23-21(29-15)25(14-17-7-4-3-5-8-17)12-11-16-9-6-10-18(22)13-16/h3-10,13H,11-12,14H2,1-2H3,(H,24,26). The van der Waals surface area contributed by atoms with E-state index in [9.17, 15) is 13.2 Å². The highest BCUT2D eigenvalue weighted by atomic mass is 35.5. The first-order valence-corrected chi connectivity index (χ1v) is 12.3. The first kappa shape index (κ1) is 22.3. The van der Waals surface area contributed by atoms with E-state index < -0.39 is 15.9 Å². The summed E-state index contributed by atoms with van der Waals surface area (Å²) in [6, 6.07) is 17.7. The summed E-state index contributed by atoms with van der Waals surface area (Å²) in [6.45, 7) is 3.03. The number of sulfonamides is 1. The zero-order valence-corrected chi connectivity index (χ0v) is 19.0. The van der Waals surface area contributed by atoms with Crippen molar-refractivity contribution in [1.29, 1.82) is 0 Å². The number of nitrogens with zero attached hydrogens (tertiary/aromatic N) is 2. The van der Waals surface area contributed by atoms with Crippen LogP contribution in [0.2, 0.25) is 5.02 Å². The number of thiazole rings is 1. The minimum absolute atomic E-state index is 0.126. The van der Waals surface area contributed by atoms with E-state index in [1.165, 1.54) is 11.3 Å². The van der Waals surface area contributed by atoms with Gasteiger partial charge in [0.15, 0.2) is 5.13 Å². The Kier molecular flexibility index (Phi) is 7.12. The van der Waals surface area contributed by atoms with Crippen LogP contribution in [-0.2, 0) is 23.0 Å². The van der Waals surface area contributed by atoms with Gasteiger partial charge in [0, 0.05) is 23.0 Å². The number of carbonyl (C=O) groups is 1. The van der Waals surface area contributed by atoms with Crippen LogP contribution in [0.1, 0.15) is 26.5 Å². The van der Waals surface area contributed by atoms with Gasteiger partial charge in [0.2, 0.25) is 10.0 Å². The molecule has 6 nitrogen and oxygen atoms in total. The fourth-order valence-electron chi connectivity index (χ4n) is 2.95. The first-order chi connectivity index (χ1) is 14.2. The van der Waals surface area contributed by atoms with E-state index in [4.69, 9.17) is 11.6 Å². The van der Waals surface area contributed by atoms with Crippen molar-refractivity contribution in [1.82, 2.24) is 9.71 Å². The Hall–Kier alpha value is -2.42. The number of nitrogens with one attached hydrogen (secondary N) is 1. The number of anilines is 1. The van der Waals surface area contributed by atoms with Gasteiger partial charge in [-0.1, -0.05) is 54.1 Å². The lowest BCUT2D eigenvalue weighted by Crippen LogP contribution is -2.30. The lowest BCUT2D eigenvalue weighted by molar-refractivity contribution is 0.0977. The molecule has 9 heteroatoms. The average molecular weight is 464 g/mol. The minimum Gasteiger partial charge on any atom is -0.343 e. The number of carbonyl (C=O) groups excluding carboxylic acids is 1. The summed E-state index contributed by atoms with van der Waals surface area (Å²) in [4.78, 5) is 19.5. The van der Waals surface area contributed by atoms with E-state index in [0.717, 1.165) is 23.8 Å². The van der Waals surface area contributed by atoms with Crippen molar-refractivity contribution < 1.29 is 13.2 Å². The summed E-state index contributed by atoms with van der Waals surface area (Å²) in [6.07, 6.45) is 1.69. The van der Waals surface area contributed by atoms with Crippen LogP contribution in [0.5, 0.6) is 0 Å². The van der Waals surface area contributed by atoms with E-state index in [1.807, 2.05) is 59.3 Å². The smallest absolute Gasteiger partial charge is 0.284 e. The fraction of sp³-hybridized carbons (Fsp3) is 0.238. The van der Waals surface area contributed by atoms with Crippen LogP contribution in [0.4, 0.5) is 5.13 Å². The molecule has 30 heavy (non-hydrogen) atoms. The molecule has 3 rings (SSSR count). The molecule has 1 N–H and O–H groups in total. The Balaban J connectivity index is 1.85. The summed E-state index contributed by atoms with van der Waals surface area (Å²) in [5.74, 6) is -0.716. The minimum atomic E-state index is -3.66. The van der Waals surface area contributed by atoms with Crippen molar-refractivity contribution in [2.45, 2.75) is 19.9 Å². The predicted octanol–water partition coefficient (Wildman–Crippen LogP) is 4.04. The highest BCUT2D eigenvalue weighted by molar-refractivity contribution is 7.89. The maximum absolute atomic E-state index is 12.3. The van der Waals surface area contributed by atoms with Gasteiger partial charge in [-0.25, -0.2) is 18.1 Å². The molecule has 1 amide bonds. The number of halogens is 1. The fourth-order valence-corrected chi connectivity index (χ4v) is 4.52. The lowest BCUT2D eigenvalue weighted by Gasteiger charge is -2.22. The Morgan fingerprint density at radius 1 is 1.13 bits per heavy atom. The molecule has 0 unspecified atom stereocenters. The highest BCUT2D eigenvalue weighted by Gasteiger charge is 2.21. The summed E-state index contributed by atoms with van der Waals surface area (Å²) < 4.78 is 24.8. The normalized spacial score (nSPS) is 11.3. The number of benzene rings is 2. The van der Waals surface area contributed by atoms with E-state index in [2.05, 4.69) is 9.88 Å². The largest absolute Gasteiger partial charge is 0.343 e. The first-order valence-electron chi connectivity index (χ1n) is 9.24. The Morgan fingerprint density at radius 3 is 2.50 bits per heavy atom. The summed E-state index contributed by atoms with van der Waals surface area (Å²) in [5, 5.41) is 1.35. The molecule has 2 aromatic carbocycles. The second kappa shape index (κ2) is 9.59. The van der Waals surface area contributed by atoms with Gasteiger partial charge in [0.25, 0.3) is 5.91 Å². The molecule has 1 heterocycles. The number of amides is 1. The van der Waals surface area contributed by atoms with Crippen LogP contribution in [-0.4, -0.2) is 32.1 Å². The van der Waals surface area contributed by atoms with Crippen molar-refractivity contribution in [3.8, 4) is 0 Å². The number of hydrogen-bond acceptors (Lipinski definition) is 6. The summed E-state index contributed by atoms with van der Waals surface area (Å²) in [7, 11) is -3.66. The third kappa shape index (κ3) is 6.29. The summed E-state index contributed by atoms with van der Waals surface area (Å²) >= 11 is 7.47. The van der Waals surface area contributed by atoms with Crippen molar-refractivity contribution in [3.63, 3.8) is 0 Å². The second-order valence-corrected chi connectivity index (χ2v) is 10.3. The quantitative estimate of drug-likeness (QED) is 0.545. The molecule has 158 valence electrons. The van der Waals surface area contributed by atoms with E-state index in [1.54, 1.807) is 6.92 Å². The lowest BCUT2D eigenvalue weighted by atomic mass is 10.1. The maximum atomic E-state index is 12.3. The summed E-state index contributed by atoms with van der Waals surface area (Å²) in [5.41, 5.74) is 2.34. The number of aromatic nitrogens is 1. The molecule has 0 saturated heterocycles. The topological polar surface area (TPSA) is 79.4 Å². The number of hydrogen-bond donors (Lipinski definition) is 1. The van der Waals surface area contributed by atoms with Crippen LogP contribution in [0.3, 0.4) is 0 Å². The number of rotatable bonds is 8. The molecule has 0 aliphatic heterocycles. The molecule has 0 fully saturated rings. The van der Waals surface area contributed by atoms with Gasteiger partial charge >= 0.3 is 0 Å². The van der Waals surface area contributed by atoms with Crippen LogP contribution in [0.15, 0.2) is 54.6 Å². The molecule has 0 radical (unpaired) electrons. The molecule has 3 aromatic rings. The molecule has 0 aliphatic carbocycles. The second-order valence-electron chi connectivity index (χ2n) is 6.89. The van der Waals surface area contributed by atoms with E-state index in [0.29, 0.717) is 28.1 Å². The van der Waals surface area contributed by atoms with Crippen LogP contribution >= 0.6 is 22.9 Å². The van der Waals surface area contributed by atoms with Crippen LogP contribution < -0.4 is 9.62 Å². The van der Waals surface area contributed by atoms with Gasteiger partial charge in [0.1, 0.15) is 5.69 Å². The molecule has 0 saturated carbocycles. The Bertz CT molecular complexity index is 1130. The predicted molar refractivity (Wildman–Crippen MR) is 122 cm³/mol. The Morgan fingerprint density at radius 2 is 1.83 bits per heavy atom. The zero-order chi connectivity index (χ0) is 21.7. The van der Waals surface area contributed by atoms with Gasteiger partial charge < -0.3 is 4.90 Å². The van der Waals surface area contributed by atoms with Crippen LogP contribution in [0, 0.1) is 6.92 Å². The van der Waals surface area contributed by atoms with Crippen molar-refractivity contribution in [3.05, 3.63) is 81.3 Å². The van der Waals surface area contributed by atoms with Gasteiger partial charge in [-0.15, -0.1) is 11.3 Å². The van der Waals surface area contributed by atoms with Gasteiger partial charge in [0.05, 0.1) is 6.26 Å². The Labute approximate surface area is 185 Å². The molecular weight excluding hydrogens is 442 g/mol. The van der Waals surface area contributed by atoms with Gasteiger partial charge in [-0.2, -0.15) is 0 Å². The van der Waals surface area contributed by atoms with Crippen molar-refractivity contribution >= 4 is 44.0 Å². The van der Waals surface area contributed by atoms with E-state index >= 15 is 0 Å². The molecule has 1 aromatic heterocycles. The molecule has 0 atom stereocenters. The molecule has 0 spiro atoms. The highest BCUT2D eigenvalue weighted by Crippen LogP contribution is 2.27. The van der Waals surface area contributed by atoms with E-state index in [-0.39, 0.29) is 5.69 Å². The maximum Gasteiger partial charge on any atom is 0.284 e. The van der Waals surface area contributed by atoms with Gasteiger partial charge in [-0.05, 0) is 36.6 Å². The van der Waals surface area contributed by atoms with Gasteiger partial charge in [-0.3, -0.25) is 4.79 Å². The molecule has 0 bridgehead atoms. The van der Waals surface area contributed by atoms with Crippen molar-refractivity contribution in [2.24, 2.45) is 0 Å².